The van der Waals surface area contributed by atoms with E-state index in [4.69, 9.17) is 5.41 Å². The SMILES string of the molecule is C=C/C(=C\C=N)C(=O)NC.CC. The smallest absolute Gasteiger partial charge is 0.251 e. The molecule has 0 heterocycles. The van der Waals surface area contributed by atoms with Crippen LogP contribution in [-0.2, 0) is 4.79 Å². The molecule has 0 aliphatic rings. The number of carbonyl (C=O) groups excluding carboxylic acids is 1. The lowest BCUT2D eigenvalue weighted by atomic mass is 10.2. The minimum atomic E-state index is -0.224. The van der Waals surface area contributed by atoms with Gasteiger partial charge in [-0.15, -0.1) is 0 Å². The van der Waals surface area contributed by atoms with Gasteiger partial charge in [-0.25, -0.2) is 0 Å². The van der Waals surface area contributed by atoms with Gasteiger partial charge in [0.25, 0.3) is 5.91 Å². The molecule has 0 radical (unpaired) electrons. The molecule has 0 aromatic rings. The number of rotatable bonds is 3. The zero-order valence-electron chi connectivity index (χ0n) is 7.85. The van der Waals surface area contributed by atoms with Crippen LogP contribution in [0.2, 0.25) is 0 Å². The van der Waals surface area contributed by atoms with Crippen LogP contribution in [0.1, 0.15) is 13.8 Å². The Morgan fingerprint density at radius 2 is 2.00 bits per heavy atom. The number of carbonyl (C=O) groups is 1. The van der Waals surface area contributed by atoms with E-state index in [1.165, 1.54) is 19.2 Å². The number of hydrogen-bond acceptors (Lipinski definition) is 2. The average Bonchev–Trinajstić information content (AvgIpc) is 2.16. The highest BCUT2D eigenvalue weighted by Gasteiger charge is 1.99. The zero-order valence-corrected chi connectivity index (χ0v) is 7.85. The van der Waals surface area contributed by atoms with E-state index >= 15 is 0 Å². The first-order valence-electron chi connectivity index (χ1n) is 3.81. The van der Waals surface area contributed by atoms with E-state index in [2.05, 4.69) is 11.9 Å². The van der Waals surface area contributed by atoms with Gasteiger partial charge in [0.2, 0.25) is 0 Å². The van der Waals surface area contributed by atoms with Crippen molar-refractivity contribution in [3.63, 3.8) is 0 Å². The summed E-state index contributed by atoms with van der Waals surface area (Å²) in [6.45, 7) is 7.42. The molecule has 0 atom stereocenters. The van der Waals surface area contributed by atoms with Crippen molar-refractivity contribution in [1.29, 1.82) is 5.41 Å². The molecule has 2 N–H and O–H groups in total. The second kappa shape index (κ2) is 9.62. The summed E-state index contributed by atoms with van der Waals surface area (Å²) in [6.07, 6.45) is 3.84. The molecule has 12 heavy (non-hydrogen) atoms. The van der Waals surface area contributed by atoms with Crippen molar-refractivity contribution >= 4 is 12.1 Å². The minimum Gasteiger partial charge on any atom is -0.355 e. The van der Waals surface area contributed by atoms with Crippen LogP contribution < -0.4 is 5.32 Å². The van der Waals surface area contributed by atoms with Gasteiger partial charge >= 0.3 is 0 Å². The van der Waals surface area contributed by atoms with Gasteiger partial charge in [0.15, 0.2) is 0 Å². The van der Waals surface area contributed by atoms with Gasteiger partial charge < -0.3 is 10.7 Å². The molecule has 68 valence electrons. The fraction of sp³-hybridized carbons (Fsp3) is 0.333. The Hall–Kier alpha value is -1.38. The predicted molar refractivity (Wildman–Crippen MR) is 52.5 cm³/mol. The Morgan fingerprint density at radius 1 is 1.50 bits per heavy atom. The first-order valence-corrected chi connectivity index (χ1v) is 3.81. The Kier molecular flexibility index (Phi) is 10.6. The molecular weight excluding hydrogens is 152 g/mol. The van der Waals surface area contributed by atoms with Crippen LogP contribution in [0.3, 0.4) is 0 Å². The summed E-state index contributed by atoms with van der Waals surface area (Å²) in [6, 6.07) is 0. The van der Waals surface area contributed by atoms with E-state index < -0.39 is 0 Å². The lowest BCUT2D eigenvalue weighted by Crippen LogP contribution is -2.18. The lowest BCUT2D eigenvalue weighted by molar-refractivity contribution is -0.116. The molecule has 1 amide bonds. The van der Waals surface area contributed by atoms with Crippen LogP contribution in [0.4, 0.5) is 0 Å². The molecule has 0 spiro atoms. The van der Waals surface area contributed by atoms with Crippen LogP contribution in [0, 0.1) is 5.41 Å². The summed E-state index contributed by atoms with van der Waals surface area (Å²) in [5.41, 5.74) is 0.400. The molecule has 0 aromatic heterocycles. The van der Waals surface area contributed by atoms with Crippen molar-refractivity contribution < 1.29 is 4.79 Å². The largest absolute Gasteiger partial charge is 0.355 e. The molecule has 3 heteroatoms. The Morgan fingerprint density at radius 3 is 2.25 bits per heavy atom. The molecule has 0 rings (SSSR count). The lowest BCUT2D eigenvalue weighted by Gasteiger charge is -1.96. The summed E-state index contributed by atoms with van der Waals surface area (Å²) in [5, 5.41) is 9.09. The van der Waals surface area contributed by atoms with Crippen LogP contribution >= 0.6 is 0 Å². The zero-order chi connectivity index (χ0) is 9.98. The fourth-order valence-corrected chi connectivity index (χ4v) is 0.471. The molecule has 0 aromatic carbocycles. The maximum Gasteiger partial charge on any atom is 0.251 e. The molecular formula is C9H16N2O. The number of amides is 1. The third-order valence-corrected chi connectivity index (χ3v) is 0.972. The fourth-order valence-electron chi connectivity index (χ4n) is 0.471. The maximum atomic E-state index is 10.8. The topological polar surface area (TPSA) is 53.0 Å². The standard InChI is InChI=1S/C7H10N2O.C2H6/c1-3-6(4-5-8)7(10)9-2;1-2/h3-5,8H,1H2,2H3,(H,9,10);1-2H3/b6-4+,8-5?;. The van der Waals surface area contributed by atoms with Crippen molar-refractivity contribution in [2.45, 2.75) is 13.8 Å². The summed E-state index contributed by atoms with van der Waals surface area (Å²) in [5.74, 6) is -0.224. The minimum absolute atomic E-state index is 0.224. The van der Waals surface area contributed by atoms with Gasteiger partial charge in [-0.1, -0.05) is 26.5 Å². The summed E-state index contributed by atoms with van der Waals surface area (Å²) < 4.78 is 0. The maximum absolute atomic E-state index is 10.8. The third kappa shape index (κ3) is 5.41. The average molecular weight is 168 g/mol. The highest BCUT2D eigenvalue weighted by Crippen LogP contribution is 1.92. The van der Waals surface area contributed by atoms with Crippen LogP contribution in [0.15, 0.2) is 24.3 Å². The van der Waals surface area contributed by atoms with Crippen molar-refractivity contribution in [2.24, 2.45) is 0 Å². The molecule has 0 aliphatic heterocycles. The summed E-state index contributed by atoms with van der Waals surface area (Å²) in [7, 11) is 1.53. The van der Waals surface area contributed by atoms with E-state index in [1.54, 1.807) is 0 Å². The quantitative estimate of drug-likeness (QED) is 0.374. The first-order chi connectivity index (χ1) is 5.76. The van der Waals surface area contributed by atoms with Gasteiger partial charge in [0.05, 0.1) is 0 Å². The Bertz CT molecular complexity index is 183. The van der Waals surface area contributed by atoms with Crippen LogP contribution in [-0.4, -0.2) is 19.2 Å². The van der Waals surface area contributed by atoms with Crippen LogP contribution in [0.5, 0.6) is 0 Å². The number of allylic oxidation sites excluding steroid dienone is 1. The van der Waals surface area contributed by atoms with Gasteiger partial charge in [-0.05, 0) is 6.08 Å². The van der Waals surface area contributed by atoms with E-state index in [1.807, 2.05) is 13.8 Å². The van der Waals surface area contributed by atoms with E-state index in [-0.39, 0.29) is 5.91 Å². The second-order valence-corrected chi connectivity index (χ2v) is 1.57. The number of likely N-dealkylation sites (N-methyl/N-ethyl adjacent to an activating group) is 1. The molecule has 3 nitrogen and oxygen atoms in total. The molecule has 0 unspecified atom stereocenters. The highest BCUT2D eigenvalue weighted by atomic mass is 16.1. The van der Waals surface area contributed by atoms with E-state index in [0.717, 1.165) is 6.21 Å². The Balaban J connectivity index is 0. The van der Waals surface area contributed by atoms with Crippen molar-refractivity contribution in [3.8, 4) is 0 Å². The van der Waals surface area contributed by atoms with Crippen LogP contribution in [0.25, 0.3) is 0 Å². The van der Waals surface area contributed by atoms with E-state index in [0.29, 0.717) is 5.57 Å². The van der Waals surface area contributed by atoms with Gasteiger partial charge in [0.1, 0.15) is 0 Å². The molecule has 0 fully saturated rings. The number of nitrogens with one attached hydrogen (secondary N) is 2. The number of hydrogen-bond donors (Lipinski definition) is 2. The summed E-state index contributed by atoms with van der Waals surface area (Å²) in [4.78, 5) is 10.8. The second-order valence-electron chi connectivity index (χ2n) is 1.57. The van der Waals surface area contributed by atoms with Gasteiger partial charge in [-0.3, -0.25) is 4.79 Å². The van der Waals surface area contributed by atoms with Crippen molar-refractivity contribution in [1.82, 2.24) is 5.32 Å². The molecule has 0 saturated carbocycles. The monoisotopic (exact) mass is 168 g/mol. The van der Waals surface area contributed by atoms with E-state index in [9.17, 15) is 4.79 Å². The highest BCUT2D eigenvalue weighted by molar-refractivity contribution is 5.99. The Labute approximate surface area is 73.7 Å². The molecule has 0 aliphatic carbocycles. The van der Waals surface area contributed by atoms with Crippen molar-refractivity contribution in [2.75, 3.05) is 7.05 Å². The third-order valence-electron chi connectivity index (χ3n) is 0.972. The first kappa shape index (κ1) is 13.2. The molecule has 0 bridgehead atoms. The molecule has 0 saturated heterocycles. The summed E-state index contributed by atoms with van der Waals surface area (Å²) >= 11 is 0. The van der Waals surface area contributed by atoms with Crippen molar-refractivity contribution in [3.05, 3.63) is 24.3 Å². The normalized spacial score (nSPS) is 9.08. The van der Waals surface area contributed by atoms with Gasteiger partial charge in [0, 0.05) is 18.8 Å². The van der Waals surface area contributed by atoms with Gasteiger partial charge in [-0.2, -0.15) is 0 Å². The predicted octanol–water partition coefficient (Wildman–Crippen LogP) is 1.52.